The van der Waals surface area contributed by atoms with Crippen molar-refractivity contribution in [1.82, 2.24) is 9.13 Å². The van der Waals surface area contributed by atoms with E-state index in [0.717, 1.165) is 5.52 Å². The highest BCUT2D eigenvalue weighted by atomic mass is 35.5. The van der Waals surface area contributed by atoms with E-state index in [4.69, 9.17) is 23.2 Å². The number of anilines is 1. The summed E-state index contributed by atoms with van der Waals surface area (Å²) in [4.78, 5) is 24.4. The second-order valence-corrected chi connectivity index (χ2v) is 6.72. The summed E-state index contributed by atoms with van der Waals surface area (Å²) in [6, 6.07) is 11.8. The van der Waals surface area contributed by atoms with Crippen molar-refractivity contribution in [3.63, 3.8) is 0 Å². The average Bonchev–Trinajstić information content (AvgIpc) is 2.86. The Morgan fingerprint density at radius 2 is 1.78 bits per heavy atom. The number of fused-ring (bicyclic) bond motifs is 1. The highest BCUT2D eigenvalue weighted by Gasteiger charge is 2.12. The first-order valence-electron chi connectivity index (χ1n) is 7.85. The largest absolute Gasteiger partial charge is 0.328 e. The monoisotopic (exact) mass is 400 g/mol. The average molecular weight is 401 g/mol. The standard InChI is InChI=1S/C19H14Cl2N4O2/c1-24-16-6-3-11(8-17(16)25(2)19(24)27)7-12(10-22)18(26)23-13-4-5-14(20)15(21)9-13/h3-9H,1-2H3,(H,23,26)/b12-7+. The summed E-state index contributed by atoms with van der Waals surface area (Å²) >= 11 is 11.8. The van der Waals surface area contributed by atoms with Crippen molar-refractivity contribution in [2.75, 3.05) is 5.32 Å². The van der Waals surface area contributed by atoms with Gasteiger partial charge in [0.25, 0.3) is 5.91 Å². The number of aromatic nitrogens is 2. The van der Waals surface area contributed by atoms with Gasteiger partial charge in [-0.3, -0.25) is 13.9 Å². The molecule has 0 aliphatic heterocycles. The molecule has 1 N–H and O–H groups in total. The maximum Gasteiger partial charge on any atom is 0.328 e. The van der Waals surface area contributed by atoms with Crippen molar-refractivity contribution in [2.24, 2.45) is 14.1 Å². The SMILES string of the molecule is Cn1c(=O)n(C)c2cc(/C=C(\C#N)C(=O)Nc3ccc(Cl)c(Cl)c3)ccc21. The van der Waals surface area contributed by atoms with Crippen LogP contribution in [-0.2, 0) is 18.9 Å². The van der Waals surface area contributed by atoms with E-state index >= 15 is 0 Å². The predicted molar refractivity (Wildman–Crippen MR) is 107 cm³/mol. The summed E-state index contributed by atoms with van der Waals surface area (Å²) in [6.45, 7) is 0. The minimum absolute atomic E-state index is 0.0821. The molecule has 0 bridgehead atoms. The lowest BCUT2D eigenvalue weighted by atomic mass is 10.1. The first-order valence-corrected chi connectivity index (χ1v) is 8.61. The van der Waals surface area contributed by atoms with Crippen molar-refractivity contribution in [2.45, 2.75) is 0 Å². The molecule has 0 fully saturated rings. The van der Waals surface area contributed by atoms with E-state index in [1.165, 1.54) is 21.3 Å². The van der Waals surface area contributed by atoms with Crippen LogP contribution in [0.15, 0.2) is 46.8 Å². The third kappa shape index (κ3) is 3.61. The molecule has 0 spiro atoms. The number of rotatable bonds is 3. The van der Waals surface area contributed by atoms with E-state index in [1.54, 1.807) is 44.4 Å². The normalized spacial score (nSPS) is 11.4. The maximum atomic E-state index is 12.4. The highest BCUT2D eigenvalue weighted by molar-refractivity contribution is 6.42. The van der Waals surface area contributed by atoms with Gasteiger partial charge in [-0.1, -0.05) is 29.3 Å². The smallest absolute Gasteiger partial charge is 0.321 e. The zero-order valence-electron chi connectivity index (χ0n) is 14.5. The molecule has 3 aromatic rings. The van der Waals surface area contributed by atoms with Crippen LogP contribution in [-0.4, -0.2) is 15.0 Å². The Hall–Kier alpha value is -3.01. The molecule has 6 nitrogen and oxygen atoms in total. The number of halogens is 2. The molecular weight excluding hydrogens is 387 g/mol. The van der Waals surface area contributed by atoms with Gasteiger partial charge in [-0.25, -0.2) is 4.79 Å². The van der Waals surface area contributed by atoms with Crippen LogP contribution in [0.5, 0.6) is 0 Å². The van der Waals surface area contributed by atoms with E-state index < -0.39 is 5.91 Å². The molecule has 0 aliphatic carbocycles. The van der Waals surface area contributed by atoms with Crippen molar-refractivity contribution >= 4 is 51.9 Å². The number of imidazole rings is 1. The molecule has 1 aromatic heterocycles. The molecule has 0 unspecified atom stereocenters. The lowest BCUT2D eigenvalue weighted by Gasteiger charge is -2.06. The molecule has 0 radical (unpaired) electrons. The molecule has 0 saturated heterocycles. The molecule has 1 amide bonds. The maximum absolute atomic E-state index is 12.4. The van der Waals surface area contributed by atoms with Crippen molar-refractivity contribution < 1.29 is 4.79 Å². The van der Waals surface area contributed by atoms with Crippen molar-refractivity contribution in [3.05, 3.63) is 68.1 Å². The number of carbonyl (C=O) groups excluding carboxylic acids is 1. The summed E-state index contributed by atoms with van der Waals surface area (Å²) in [6.07, 6.45) is 1.46. The Balaban J connectivity index is 1.93. The summed E-state index contributed by atoms with van der Waals surface area (Å²) < 4.78 is 3.04. The molecule has 0 aliphatic rings. The summed E-state index contributed by atoms with van der Waals surface area (Å²) in [5, 5.41) is 12.6. The molecule has 0 atom stereocenters. The first-order chi connectivity index (χ1) is 12.8. The minimum Gasteiger partial charge on any atom is -0.321 e. The number of nitriles is 1. The fraction of sp³-hybridized carbons (Fsp3) is 0.105. The molecule has 27 heavy (non-hydrogen) atoms. The number of hydrogen-bond donors (Lipinski definition) is 1. The molecule has 136 valence electrons. The van der Waals surface area contributed by atoms with Crippen LogP contribution in [0.1, 0.15) is 5.56 Å². The third-order valence-corrected chi connectivity index (χ3v) is 4.89. The Morgan fingerprint density at radius 1 is 1.07 bits per heavy atom. The molecule has 8 heteroatoms. The number of aryl methyl sites for hydroxylation is 2. The zero-order chi connectivity index (χ0) is 19.7. The van der Waals surface area contributed by atoms with Crippen molar-refractivity contribution in [1.29, 1.82) is 5.26 Å². The number of hydrogen-bond acceptors (Lipinski definition) is 3. The Bertz CT molecular complexity index is 1200. The van der Waals surface area contributed by atoms with Crippen LogP contribution in [0.4, 0.5) is 5.69 Å². The highest BCUT2D eigenvalue weighted by Crippen LogP contribution is 2.25. The molecule has 2 aromatic carbocycles. The fourth-order valence-corrected chi connectivity index (χ4v) is 3.00. The lowest BCUT2D eigenvalue weighted by molar-refractivity contribution is -0.112. The van der Waals surface area contributed by atoms with Crippen molar-refractivity contribution in [3.8, 4) is 6.07 Å². The minimum atomic E-state index is -0.571. The molecule has 0 saturated carbocycles. The van der Waals surface area contributed by atoms with E-state index in [2.05, 4.69) is 5.32 Å². The van der Waals surface area contributed by atoms with Crippen LogP contribution in [0, 0.1) is 11.3 Å². The van der Waals surface area contributed by atoms with Gasteiger partial charge in [0.2, 0.25) is 0 Å². The molecular formula is C19H14Cl2N4O2. The molecule has 1 heterocycles. The predicted octanol–water partition coefficient (Wildman–Crippen LogP) is 3.73. The van der Waals surface area contributed by atoms with Crippen LogP contribution >= 0.6 is 23.2 Å². The number of nitrogens with zero attached hydrogens (tertiary/aromatic N) is 3. The van der Waals surface area contributed by atoms with Crippen LogP contribution in [0.3, 0.4) is 0 Å². The number of amides is 1. The van der Waals surface area contributed by atoms with E-state index in [-0.39, 0.29) is 11.3 Å². The second-order valence-electron chi connectivity index (χ2n) is 5.90. The van der Waals surface area contributed by atoms with Crippen LogP contribution in [0.25, 0.3) is 17.1 Å². The molecule has 3 rings (SSSR count). The Kier molecular flexibility index (Phi) is 5.08. The van der Waals surface area contributed by atoms with Gasteiger partial charge in [0, 0.05) is 19.8 Å². The summed E-state index contributed by atoms with van der Waals surface area (Å²) in [5.74, 6) is -0.571. The Morgan fingerprint density at radius 3 is 2.44 bits per heavy atom. The van der Waals surface area contributed by atoms with Crippen LogP contribution in [0.2, 0.25) is 10.0 Å². The summed E-state index contributed by atoms with van der Waals surface area (Å²) in [5.41, 5.74) is 2.29. The fourth-order valence-electron chi connectivity index (χ4n) is 2.70. The topological polar surface area (TPSA) is 79.8 Å². The van der Waals surface area contributed by atoms with E-state index in [0.29, 0.717) is 26.8 Å². The quantitative estimate of drug-likeness (QED) is 0.537. The van der Waals surface area contributed by atoms with Gasteiger partial charge in [0.15, 0.2) is 0 Å². The Labute approximate surface area is 164 Å². The van der Waals surface area contributed by atoms with E-state index in [9.17, 15) is 14.9 Å². The van der Waals surface area contributed by atoms with Gasteiger partial charge < -0.3 is 5.32 Å². The van der Waals surface area contributed by atoms with Crippen LogP contribution < -0.4 is 11.0 Å². The zero-order valence-corrected chi connectivity index (χ0v) is 16.0. The van der Waals surface area contributed by atoms with Gasteiger partial charge in [0.05, 0.1) is 21.1 Å². The number of nitrogens with one attached hydrogen (secondary N) is 1. The van der Waals surface area contributed by atoms with Gasteiger partial charge in [-0.15, -0.1) is 0 Å². The van der Waals surface area contributed by atoms with Gasteiger partial charge >= 0.3 is 5.69 Å². The number of benzene rings is 2. The summed E-state index contributed by atoms with van der Waals surface area (Å²) in [7, 11) is 3.35. The van der Waals surface area contributed by atoms with Gasteiger partial charge in [-0.05, 0) is 42.0 Å². The van der Waals surface area contributed by atoms with E-state index in [1.807, 2.05) is 6.07 Å². The number of carbonyl (C=O) groups is 1. The van der Waals surface area contributed by atoms with Gasteiger partial charge in [0.1, 0.15) is 11.6 Å². The second kappa shape index (κ2) is 7.31. The van der Waals surface area contributed by atoms with Gasteiger partial charge in [-0.2, -0.15) is 5.26 Å². The lowest BCUT2D eigenvalue weighted by Crippen LogP contribution is -2.19. The third-order valence-electron chi connectivity index (χ3n) is 4.15. The first kappa shape index (κ1) is 18.8.